The average Bonchev–Trinajstić information content (AvgIpc) is 3.43. The molecule has 0 bridgehead atoms. The number of methoxy groups -OCH3 is 1. The highest BCUT2D eigenvalue weighted by atomic mass is 16.5. The molecule has 6 heteroatoms. The van der Waals surface area contributed by atoms with Gasteiger partial charge in [0.05, 0.1) is 30.4 Å². The Morgan fingerprint density at radius 2 is 1.80 bits per heavy atom. The molecule has 5 rings (SSSR count). The number of hydrogen-bond acceptors (Lipinski definition) is 4. The second-order valence-electron chi connectivity index (χ2n) is 9.16. The van der Waals surface area contributed by atoms with Crippen LogP contribution in [0.1, 0.15) is 35.7 Å². The van der Waals surface area contributed by atoms with Crippen LogP contribution in [0.25, 0.3) is 11.0 Å². The van der Waals surface area contributed by atoms with Crippen molar-refractivity contribution in [2.45, 2.75) is 39.2 Å². The van der Waals surface area contributed by atoms with Crippen molar-refractivity contribution in [3.05, 3.63) is 83.7 Å². The number of hydrogen-bond donors (Lipinski definition) is 0. The summed E-state index contributed by atoms with van der Waals surface area (Å²) in [5.41, 5.74) is 5.25. The van der Waals surface area contributed by atoms with Gasteiger partial charge < -0.3 is 18.9 Å². The number of imidazole rings is 1. The number of aromatic nitrogens is 2. The minimum Gasteiger partial charge on any atom is -0.495 e. The first-order valence-corrected chi connectivity index (χ1v) is 12.1. The van der Waals surface area contributed by atoms with Crippen LogP contribution in [-0.2, 0) is 11.3 Å². The van der Waals surface area contributed by atoms with Crippen LogP contribution in [0, 0.1) is 13.8 Å². The third-order valence-corrected chi connectivity index (χ3v) is 6.66. The van der Waals surface area contributed by atoms with E-state index in [1.165, 1.54) is 5.56 Å². The van der Waals surface area contributed by atoms with E-state index in [2.05, 4.69) is 36.6 Å². The predicted molar refractivity (Wildman–Crippen MR) is 138 cm³/mol. The fourth-order valence-corrected chi connectivity index (χ4v) is 4.97. The van der Waals surface area contributed by atoms with Gasteiger partial charge in [0.2, 0.25) is 5.91 Å². The van der Waals surface area contributed by atoms with Crippen molar-refractivity contribution in [3.63, 3.8) is 0 Å². The summed E-state index contributed by atoms with van der Waals surface area (Å²) in [6.07, 6.45) is 1.28. The number of aryl methyl sites for hydroxylation is 3. The van der Waals surface area contributed by atoms with Crippen molar-refractivity contribution >= 4 is 22.6 Å². The summed E-state index contributed by atoms with van der Waals surface area (Å²) < 4.78 is 13.9. The molecular formula is C29H31N3O3. The van der Waals surface area contributed by atoms with Gasteiger partial charge in [-0.1, -0.05) is 42.0 Å². The highest BCUT2D eigenvalue weighted by molar-refractivity contribution is 5.97. The number of carbonyl (C=O) groups is 1. The first-order valence-electron chi connectivity index (χ1n) is 12.1. The maximum absolute atomic E-state index is 13.0. The molecule has 1 saturated heterocycles. The van der Waals surface area contributed by atoms with Gasteiger partial charge in [-0.15, -0.1) is 0 Å². The van der Waals surface area contributed by atoms with Crippen LogP contribution in [0.5, 0.6) is 11.5 Å². The van der Waals surface area contributed by atoms with E-state index in [1.54, 1.807) is 7.11 Å². The van der Waals surface area contributed by atoms with E-state index in [1.807, 2.05) is 53.4 Å². The van der Waals surface area contributed by atoms with Crippen molar-refractivity contribution in [1.29, 1.82) is 0 Å². The lowest BCUT2D eigenvalue weighted by molar-refractivity contribution is -0.117. The van der Waals surface area contributed by atoms with E-state index < -0.39 is 0 Å². The third kappa shape index (κ3) is 4.61. The van der Waals surface area contributed by atoms with Crippen molar-refractivity contribution in [1.82, 2.24) is 9.55 Å². The SMILES string of the molecule is COc1ccccc1N1CC(c2nc3ccccc3n2CCCOc2ccc(C)cc2C)CC1=O. The van der Waals surface area contributed by atoms with E-state index in [-0.39, 0.29) is 11.8 Å². The van der Waals surface area contributed by atoms with Gasteiger partial charge in [0.25, 0.3) is 0 Å². The maximum atomic E-state index is 13.0. The summed E-state index contributed by atoms with van der Waals surface area (Å²) in [6, 6.07) is 22.1. The molecule has 3 aromatic carbocycles. The fourth-order valence-electron chi connectivity index (χ4n) is 4.97. The van der Waals surface area contributed by atoms with E-state index in [0.29, 0.717) is 25.3 Å². The van der Waals surface area contributed by atoms with E-state index in [0.717, 1.165) is 46.8 Å². The standard InChI is InChI=1S/C29H31N3O3/c1-20-13-14-26(21(2)17-20)35-16-8-15-31-24-10-5-4-9-23(24)30-29(31)22-18-28(33)32(19-22)25-11-6-7-12-27(25)34-3/h4-7,9-14,17,22H,8,15-16,18-19H2,1-3H3. The Morgan fingerprint density at radius 1 is 1.00 bits per heavy atom. The Kier molecular flexibility index (Phi) is 6.45. The van der Waals surface area contributed by atoms with Gasteiger partial charge in [-0.2, -0.15) is 0 Å². The molecule has 6 nitrogen and oxygen atoms in total. The number of ether oxygens (including phenoxy) is 2. The molecule has 1 aliphatic heterocycles. The maximum Gasteiger partial charge on any atom is 0.227 e. The molecule has 1 aliphatic rings. The Labute approximate surface area is 206 Å². The van der Waals surface area contributed by atoms with Gasteiger partial charge in [0.15, 0.2) is 0 Å². The number of benzene rings is 3. The second-order valence-corrected chi connectivity index (χ2v) is 9.16. The molecule has 180 valence electrons. The summed E-state index contributed by atoms with van der Waals surface area (Å²) in [6.45, 7) is 6.15. The average molecular weight is 470 g/mol. The lowest BCUT2D eigenvalue weighted by Crippen LogP contribution is -2.25. The Balaban J connectivity index is 1.35. The second kappa shape index (κ2) is 9.82. The molecule has 0 radical (unpaired) electrons. The van der Waals surface area contributed by atoms with E-state index in [4.69, 9.17) is 14.5 Å². The summed E-state index contributed by atoms with van der Waals surface area (Å²) in [5, 5.41) is 0. The summed E-state index contributed by atoms with van der Waals surface area (Å²) >= 11 is 0. The van der Waals surface area contributed by atoms with Crippen molar-refractivity contribution in [2.24, 2.45) is 0 Å². The molecule has 1 amide bonds. The molecule has 0 N–H and O–H groups in total. The number of para-hydroxylation sites is 4. The number of carbonyl (C=O) groups excluding carboxylic acids is 1. The van der Waals surface area contributed by atoms with Crippen LogP contribution in [0.4, 0.5) is 5.69 Å². The molecule has 1 unspecified atom stereocenters. The third-order valence-electron chi connectivity index (χ3n) is 6.66. The van der Waals surface area contributed by atoms with Crippen molar-refractivity contribution in [2.75, 3.05) is 25.2 Å². The minimum absolute atomic E-state index is 0.0140. The van der Waals surface area contributed by atoms with Crippen LogP contribution in [0.3, 0.4) is 0 Å². The number of anilines is 1. The van der Waals surface area contributed by atoms with Gasteiger partial charge in [-0.25, -0.2) is 4.98 Å². The van der Waals surface area contributed by atoms with Gasteiger partial charge in [-0.05, 0) is 56.2 Å². The minimum atomic E-state index is 0.0140. The van der Waals surface area contributed by atoms with Gasteiger partial charge in [0.1, 0.15) is 17.3 Å². The Morgan fingerprint density at radius 3 is 2.63 bits per heavy atom. The molecule has 0 saturated carbocycles. The summed E-state index contributed by atoms with van der Waals surface area (Å²) in [5.74, 6) is 2.71. The topological polar surface area (TPSA) is 56.6 Å². The lowest BCUT2D eigenvalue weighted by atomic mass is 10.1. The molecule has 4 aromatic rings. The number of nitrogens with zero attached hydrogens (tertiary/aromatic N) is 3. The first-order chi connectivity index (χ1) is 17.0. The summed E-state index contributed by atoms with van der Waals surface area (Å²) in [4.78, 5) is 19.8. The molecule has 1 atom stereocenters. The van der Waals surface area contributed by atoms with Crippen LogP contribution < -0.4 is 14.4 Å². The number of fused-ring (bicyclic) bond motifs is 1. The predicted octanol–water partition coefficient (Wildman–Crippen LogP) is 5.65. The van der Waals surface area contributed by atoms with Crippen molar-refractivity contribution in [3.8, 4) is 11.5 Å². The van der Waals surface area contributed by atoms with Crippen LogP contribution in [0.15, 0.2) is 66.7 Å². The van der Waals surface area contributed by atoms with E-state index >= 15 is 0 Å². The molecule has 35 heavy (non-hydrogen) atoms. The van der Waals surface area contributed by atoms with Crippen LogP contribution in [-0.4, -0.2) is 35.7 Å². The highest BCUT2D eigenvalue weighted by Gasteiger charge is 2.35. The quantitative estimate of drug-likeness (QED) is 0.313. The number of amides is 1. The zero-order valence-electron chi connectivity index (χ0n) is 20.5. The normalized spacial score (nSPS) is 15.7. The highest BCUT2D eigenvalue weighted by Crippen LogP contribution is 2.37. The lowest BCUT2D eigenvalue weighted by Gasteiger charge is -2.20. The Bertz CT molecular complexity index is 1360. The molecule has 2 heterocycles. The van der Waals surface area contributed by atoms with E-state index in [9.17, 15) is 4.79 Å². The molecule has 1 fully saturated rings. The molecule has 1 aromatic heterocycles. The summed E-state index contributed by atoms with van der Waals surface area (Å²) in [7, 11) is 1.64. The zero-order valence-corrected chi connectivity index (χ0v) is 20.5. The van der Waals surface area contributed by atoms with Crippen molar-refractivity contribution < 1.29 is 14.3 Å². The van der Waals surface area contributed by atoms with Crippen LogP contribution in [0.2, 0.25) is 0 Å². The van der Waals surface area contributed by atoms with Gasteiger partial charge in [0, 0.05) is 25.4 Å². The Hall–Kier alpha value is -3.80. The largest absolute Gasteiger partial charge is 0.495 e. The molecular weight excluding hydrogens is 438 g/mol. The molecule has 0 aliphatic carbocycles. The number of rotatable bonds is 8. The van der Waals surface area contributed by atoms with Gasteiger partial charge in [-0.3, -0.25) is 4.79 Å². The molecule has 0 spiro atoms. The van der Waals surface area contributed by atoms with Gasteiger partial charge >= 0.3 is 0 Å². The smallest absolute Gasteiger partial charge is 0.227 e. The first kappa shape index (κ1) is 23.0. The van der Waals surface area contributed by atoms with Crippen LogP contribution >= 0.6 is 0 Å². The fraction of sp³-hybridized carbons (Fsp3) is 0.310. The zero-order chi connectivity index (χ0) is 24.4. The monoisotopic (exact) mass is 469 g/mol.